The van der Waals surface area contributed by atoms with Crippen LogP contribution < -0.4 is 15.5 Å². The van der Waals surface area contributed by atoms with Gasteiger partial charge in [0.15, 0.2) is 5.96 Å². The molecule has 0 spiro atoms. The lowest BCUT2D eigenvalue weighted by Crippen LogP contribution is -2.44. The number of rotatable bonds is 5. The number of benzene rings is 1. The van der Waals surface area contributed by atoms with Crippen molar-refractivity contribution in [2.24, 2.45) is 10.9 Å². The molecule has 0 amide bonds. The van der Waals surface area contributed by atoms with E-state index in [9.17, 15) is 0 Å². The molecule has 0 radical (unpaired) electrons. The van der Waals surface area contributed by atoms with Crippen molar-refractivity contribution in [1.29, 1.82) is 0 Å². The fraction of sp³-hybridized carbons (Fsp3) is 0.611. The van der Waals surface area contributed by atoms with Gasteiger partial charge >= 0.3 is 0 Å². The van der Waals surface area contributed by atoms with Crippen LogP contribution in [-0.2, 0) is 0 Å². The molecule has 4 nitrogen and oxygen atoms in total. The maximum Gasteiger partial charge on any atom is 0.191 e. The topological polar surface area (TPSA) is 39.7 Å². The van der Waals surface area contributed by atoms with Gasteiger partial charge in [-0.05, 0) is 38.3 Å². The van der Waals surface area contributed by atoms with E-state index in [4.69, 9.17) is 0 Å². The lowest BCUT2D eigenvalue weighted by Gasteiger charge is -2.20. The second kappa shape index (κ2) is 8.06. The quantitative estimate of drug-likeness (QED) is 0.649. The van der Waals surface area contributed by atoms with Gasteiger partial charge in [-0.3, -0.25) is 4.99 Å². The Morgan fingerprint density at radius 3 is 2.68 bits per heavy atom. The first-order valence-electron chi connectivity index (χ1n) is 8.45. The van der Waals surface area contributed by atoms with Crippen molar-refractivity contribution in [3.63, 3.8) is 0 Å². The summed E-state index contributed by atoms with van der Waals surface area (Å²) in [4.78, 5) is 7.11. The number of guanidine groups is 1. The number of hydrogen-bond acceptors (Lipinski definition) is 2. The van der Waals surface area contributed by atoms with Crippen molar-refractivity contribution in [1.82, 2.24) is 10.6 Å². The molecule has 22 heavy (non-hydrogen) atoms. The van der Waals surface area contributed by atoms with Gasteiger partial charge in [-0.1, -0.05) is 31.5 Å². The summed E-state index contributed by atoms with van der Waals surface area (Å²) in [6.45, 7) is 12.5. The van der Waals surface area contributed by atoms with Gasteiger partial charge in [-0.25, -0.2) is 0 Å². The van der Waals surface area contributed by atoms with Gasteiger partial charge in [-0.15, -0.1) is 0 Å². The summed E-state index contributed by atoms with van der Waals surface area (Å²) in [5.41, 5.74) is 2.63. The van der Waals surface area contributed by atoms with Crippen molar-refractivity contribution in [3.05, 3.63) is 29.8 Å². The monoisotopic (exact) mass is 302 g/mol. The Balaban J connectivity index is 1.91. The Labute approximate surface area is 135 Å². The second-order valence-corrected chi connectivity index (χ2v) is 6.52. The number of hydrogen-bond donors (Lipinski definition) is 2. The van der Waals surface area contributed by atoms with E-state index < -0.39 is 0 Å². The maximum atomic E-state index is 4.66. The van der Waals surface area contributed by atoms with Crippen molar-refractivity contribution in [3.8, 4) is 0 Å². The van der Waals surface area contributed by atoms with E-state index in [2.05, 4.69) is 72.5 Å². The summed E-state index contributed by atoms with van der Waals surface area (Å²) < 4.78 is 0. The Morgan fingerprint density at radius 1 is 1.32 bits per heavy atom. The minimum absolute atomic E-state index is 0.464. The van der Waals surface area contributed by atoms with E-state index in [1.54, 1.807) is 0 Å². The van der Waals surface area contributed by atoms with Crippen LogP contribution in [0.3, 0.4) is 0 Å². The van der Waals surface area contributed by atoms with Gasteiger partial charge in [0.05, 0.1) is 0 Å². The molecular weight excluding hydrogens is 272 g/mol. The van der Waals surface area contributed by atoms with Crippen LogP contribution in [-0.4, -0.2) is 38.2 Å². The smallest absolute Gasteiger partial charge is 0.191 e. The number of nitrogens with one attached hydrogen (secondary N) is 2. The van der Waals surface area contributed by atoms with Gasteiger partial charge in [0, 0.05) is 37.9 Å². The van der Waals surface area contributed by atoms with E-state index in [0.717, 1.165) is 38.6 Å². The molecule has 122 valence electrons. The first-order chi connectivity index (χ1) is 10.6. The third kappa shape index (κ3) is 4.93. The zero-order chi connectivity index (χ0) is 15.9. The maximum absolute atomic E-state index is 4.66. The summed E-state index contributed by atoms with van der Waals surface area (Å²) >= 11 is 0. The lowest BCUT2D eigenvalue weighted by atomic mass is 10.2. The van der Waals surface area contributed by atoms with Gasteiger partial charge in [0.25, 0.3) is 0 Å². The van der Waals surface area contributed by atoms with Gasteiger partial charge in [-0.2, -0.15) is 0 Å². The van der Waals surface area contributed by atoms with Crippen LogP contribution in [0.5, 0.6) is 0 Å². The molecule has 2 rings (SSSR count). The fourth-order valence-corrected chi connectivity index (χ4v) is 2.66. The van der Waals surface area contributed by atoms with E-state index in [1.165, 1.54) is 11.3 Å². The van der Waals surface area contributed by atoms with Crippen molar-refractivity contribution in [2.75, 3.05) is 31.1 Å². The molecule has 0 aliphatic carbocycles. The van der Waals surface area contributed by atoms with E-state index >= 15 is 0 Å². The highest BCUT2D eigenvalue weighted by Gasteiger charge is 2.23. The summed E-state index contributed by atoms with van der Waals surface area (Å²) in [5, 5.41) is 6.93. The molecule has 1 aliphatic heterocycles. The van der Waals surface area contributed by atoms with Crippen molar-refractivity contribution >= 4 is 11.6 Å². The van der Waals surface area contributed by atoms with E-state index in [1.807, 2.05) is 0 Å². The molecule has 4 heteroatoms. The standard InChI is InChI=1S/C18H30N4/c1-5-19-18(20-12-14(2)3)21-16-10-11-22(13-16)17-8-6-15(4)7-9-17/h6-9,14,16H,5,10-13H2,1-4H3,(H2,19,20,21). The minimum Gasteiger partial charge on any atom is -0.369 e. The highest BCUT2D eigenvalue weighted by atomic mass is 15.2. The third-order valence-electron chi connectivity index (χ3n) is 3.89. The SMILES string of the molecule is CCNC(=NCC(C)C)NC1CCN(c2ccc(C)cc2)C1. The van der Waals surface area contributed by atoms with Gasteiger partial charge in [0.2, 0.25) is 0 Å². The highest BCUT2D eigenvalue weighted by Crippen LogP contribution is 2.20. The molecule has 1 atom stereocenters. The van der Waals surface area contributed by atoms with Crippen molar-refractivity contribution < 1.29 is 0 Å². The Bertz CT molecular complexity index is 478. The minimum atomic E-state index is 0.464. The van der Waals surface area contributed by atoms with Gasteiger partial charge in [0.1, 0.15) is 0 Å². The average Bonchev–Trinajstić information content (AvgIpc) is 2.94. The Kier molecular flexibility index (Phi) is 6.10. The third-order valence-corrected chi connectivity index (χ3v) is 3.89. The average molecular weight is 302 g/mol. The fourth-order valence-electron chi connectivity index (χ4n) is 2.66. The first kappa shape index (κ1) is 16.7. The molecule has 1 heterocycles. The zero-order valence-corrected chi connectivity index (χ0v) is 14.4. The number of nitrogens with zero attached hydrogens (tertiary/aromatic N) is 2. The number of aryl methyl sites for hydroxylation is 1. The number of aliphatic imine (C=N–C) groups is 1. The van der Waals surface area contributed by atoms with E-state index in [0.29, 0.717) is 12.0 Å². The van der Waals surface area contributed by atoms with Crippen LogP contribution in [0, 0.1) is 12.8 Å². The van der Waals surface area contributed by atoms with Crippen LogP contribution >= 0.6 is 0 Å². The summed E-state index contributed by atoms with van der Waals surface area (Å²) in [6, 6.07) is 9.27. The largest absolute Gasteiger partial charge is 0.369 e. The molecule has 1 aliphatic rings. The van der Waals surface area contributed by atoms with Crippen LogP contribution in [0.15, 0.2) is 29.3 Å². The Hall–Kier alpha value is -1.71. The predicted molar refractivity (Wildman–Crippen MR) is 95.7 cm³/mol. The summed E-state index contributed by atoms with van der Waals surface area (Å²) in [6.07, 6.45) is 1.15. The van der Waals surface area contributed by atoms with Crippen LogP contribution in [0.2, 0.25) is 0 Å². The second-order valence-electron chi connectivity index (χ2n) is 6.52. The Morgan fingerprint density at radius 2 is 2.05 bits per heavy atom. The molecule has 0 bridgehead atoms. The molecular formula is C18H30N4. The molecule has 1 aromatic rings. The molecule has 0 aromatic heterocycles. The number of anilines is 1. The summed E-state index contributed by atoms with van der Waals surface area (Å²) in [7, 11) is 0. The molecule has 2 N–H and O–H groups in total. The lowest BCUT2D eigenvalue weighted by molar-refractivity contribution is 0.628. The van der Waals surface area contributed by atoms with Crippen LogP contribution in [0.1, 0.15) is 32.8 Å². The predicted octanol–water partition coefficient (Wildman–Crippen LogP) is 2.78. The van der Waals surface area contributed by atoms with Crippen LogP contribution in [0.4, 0.5) is 5.69 Å². The molecule has 1 fully saturated rings. The normalized spacial score (nSPS) is 18.9. The molecule has 1 unspecified atom stereocenters. The van der Waals surface area contributed by atoms with Crippen molar-refractivity contribution in [2.45, 2.75) is 40.2 Å². The first-order valence-corrected chi connectivity index (χ1v) is 8.45. The molecule has 0 saturated carbocycles. The molecule has 1 aromatic carbocycles. The summed E-state index contributed by atoms with van der Waals surface area (Å²) in [5.74, 6) is 1.54. The van der Waals surface area contributed by atoms with Crippen LogP contribution in [0.25, 0.3) is 0 Å². The zero-order valence-electron chi connectivity index (χ0n) is 14.4. The van der Waals surface area contributed by atoms with E-state index in [-0.39, 0.29) is 0 Å². The highest BCUT2D eigenvalue weighted by molar-refractivity contribution is 5.80. The van der Waals surface area contributed by atoms with Gasteiger partial charge < -0.3 is 15.5 Å². The molecule has 1 saturated heterocycles.